The van der Waals surface area contributed by atoms with E-state index in [0.717, 1.165) is 6.42 Å². The summed E-state index contributed by atoms with van der Waals surface area (Å²) in [5, 5.41) is 10.8. The number of benzene rings is 1. The zero-order valence-corrected chi connectivity index (χ0v) is 12.2. The Morgan fingerprint density at radius 1 is 1.30 bits per heavy atom. The number of primary sulfonamides is 1. The predicted octanol–water partition coefficient (Wildman–Crippen LogP) is 0.244. The summed E-state index contributed by atoms with van der Waals surface area (Å²) in [7, 11) is -3.81. The lowest BCUT2D eigenvalue weighted by Gasteiger charge is -2.09. The van der Waals surface area contributed by atoms with Crippen molar-refractivity contribution in [2.45, 2.75) is 24.7 Å². The van der Waals surface area contributed by atoms with E-state index in [1.54, 1.807) is 6.07 Å². The fourth-order valence-corrected chi connectivity index (χ4v) is 2.24. The van der Waals surface area contributed by atoms with Crippen molar-refractivity contribution in [2.24, 2.45) is 5.14 Å². The molecule has 20 heavy (non-hydrogen) atoms. The number of amides is 1. The van der Waals surface area contributed by atoms with E-state index in [0.29, 0.717) is 25.2 Å². The first-order chi connectivity index (χ1) is 9.34. The number of hydrogen-bond donors (Lipinski definition) is 4. The van der Waals surface area contributed by atoms with Crippen LogP contribution in [0.1, 0.15) is 19.8 Å². The van der Waals surface area contributed by atoms with Crippen LogP contribution in [0.25, 0.3) is 0 Å². The van der Waals surface area contributed by atoms with Gasteiger partial charge in [-0.2, -0.15) is 0 Å². The van der Waals surface area contributed by atoms with Crippen molar-refractivity contribution in [3.8, 4) is 0 Å². The molecule has 0 radical (unpaired) electrons. The molecular weight excluding hydrogens is 280 g/mol. The van der Waals surface area contributed by atoms with Gasteiger partial charge in [-0.05, 0) is 24.6 Å². The zero-order valence-electron chi connectivity index (χ0n) is 11.3. The monoisotopic (exact) mass is 300 g/mol. The van der Waals surface area contributed by atoms with Gasteiger partial charge in [0.05, 0.1) is 5.69 Å². The number of nitrogen functional groups attached to an aromatic ring is 1. The minimum absolute atomic E-state index is 0.0338. The maximum Gasteiger partial charge on any atom is 0.240 e. The van der Waals surface area contributed by atoms with Crippen molar-refractivity contribution < 1.29 is 13.2 Å². The number of sulfonamides is 1. The predicted molar refractivity (Wildman–Crippen MR) is 78.6 cm³/mol. The first-order valence-corrected chi connectivity index (χ1v) is 7.82. The van der Waals surface area contributed by atoms with E-state index in [2.05, 4.69) is 10.6 Å². The summed E-state index contributed by atoms with van der Waals surface area (Å²) in [5.74, 6) is -0.0338. The Morgan fingerprint density at radius 2 is 2.00 bits per heavy atom. The normalized spacial score (nSPS) is 11.1. The second-order valence-corrected chi connectivity index (χ2v) is 5.85. The topological polar surface area (TPSA) is 127 Å². The summed E-state index contributed by atoms with van der Waals surface area (Å²) in [6.07, 6.45) is 1.22. The molecule has 0 saturated carbocycles. The maximum atomic E-state index is 11.4. The van der Waals surface area contributed by atoms with Gasteiger partial charge in [0.1, 0.15) is 4.90 Å². The fraction of sp³-hybridized carbons (Fsp3) is 0.417. The molecule has 0 aliphatic rings. The number of nitrogens with one attached hydrogen (secondary N) is 2. The summed E-state index contributed by atoms with van der Waals surface area (Å²) in [6.45, 7) is 3.08. The second kappa shape index (κ2) is 7.11. The molecule has 6 N–H and O–H groups in total. The lowest BCUT2D eigenvalue weighted by atomic mass is 10.2. The number of hydrogen-bond acceptors (Lipinski definition) is 5. The van der Waals surface area contributed by atoms with Gasteiger partial charge in [0.25, 0.3) is 0 Å². The third-order valence-electron chi connectivity index (χ3n) is 2.57. The van der Waals surface area contributed by atoms with Crippen molar-refractivity contribution in [1.82, 2.24) is 5.32 Å². The molecule has 0 atom stereocenters. The van der Waals surface area contributed by atoms with Gasteiger partial charge in [-0.3, -0.25) is 4.79 Å². The average Bonchev–Trinajstić information content (AvgIpc) is 2.35. The van der Waals surface area contributed by atoms with E-state index in [9.17, 15) is 13.2 Å². The molecular formula is C12H20N4O3S. The highest BCUT2D eigenvalue weighted by Gasteiger charge is 2.12. The maximum absolute atomic E-state index is 11.4. The number of rotatable bonds is 7. The van der Waals surface area contributed by atoms with Crippen molar-refractivity contribution >= 4 is 27.3 Å². The van der Waals surface area contributed by atoms with Crippen LogP contribution in [0.4, 0.5) is 11.4 Å². The first-order valence-electron chi connectivity index (χ1n) is 6.27. The smallest absolute Gasteiger partial charge is 0.240 e. The summed E-state index contributed by atoms with van der Waals surface area (Å²) >= 11 is 0. The average molecular weight is 300 g/mol. The van der Waals surface area contributed by atoms with Crippen LogP contribution in [0.3, 0.4) is 0 Å². The van der Waals surface area contributed by atoms with Crippen LogP contribution < -0.4 is 21.5 Å². The number of anilines is 2. The quantitative estimate of drug-likeness (QED) is 0.537. The first kappa shape index (κ1) is 16.3. The Kier molecular flexibility index (Phi) is 5.78. The van der Waals surface area contributed by atoms with Crippen molar-refractivity contribution in [1.29, 1.82) is 0 Å². The van der Waals surface area contributed by atoms with E-state index < -0.39 is 10.0 Å². The third-order valence-corrected chi connectivity index (χ3v) is 3.55. The number of carbonyl (C=O) groups excluding carboxylic acids is 1. The number of carbonyl (C=O) groups is 1. The largest absolute Gasteiger partial charge is 0.398 e. The molecule has 0 fully saturated rings. The van der Waals surface area contributed by atoms with Crippen LogP contribution in [-0.2, 0) is 14.8 Å². The molecule has 0 unspecified atom stereocenters. The van der Waals surface area contributed by atoms with Crippen LogP contribution in [0.2, 0.25) is 0 Å². The standard InChI is InChI=1S/C12H20N4O3S/c1-2-6-16-12(17)5-7-15-9-3-4-11(10(13)8-9)20(14,18)19/h3-4,8,15H,2,5-7,13H2,1H3,(H,16,17)(H2,14,18,19). The van der Waals surface area contributed by atoms with Gasteiger partial charge in [0.15, 0.2) is 0 Å². The summed E-state index contributed by atoms with van der Waals surface area (Å²) in [5.41, 5.74) is 6.34. The molecule has 112 valence electrons. The Labute approximate surface area is 118 Å². The lowest BCUT2D eigenvalue weighted by Crippen LogP contribution is -2.25. The summed E-state index contributed by atoms with van der Waals surface area (Å²) in [6, 6.07) is 4.37. The van der Waals surface area contributed by atoms with Crippen LogP contribution in [0.15, 0.2) is 23.1 Å². The lowest BCUT2D eigenvalue weighted by molar-refractivity contribution is -0.120. The molecule has 0 heterocycles. The fourth-order valence-electron chi connectivity index (χ4n) is 1.59. The SMILES string of the molecule is CCCNC(=O)CCNc1ccc(S(N)(=O)=O)c(N)c1. The van der Waals surface area contributed by atoms with Crippen molar-refractivity contribution in [2.75, 3.05) is 24.1 Å². The Balaban J connectivity index is 2.54. The van der Waals surface area contributed by atoms with E-state index in [1.807, 2.05) is 6.92 Å². The second-order valence-electron chi connectivity index (χ2n) is 4.32. The van der Waals surface area contributed by atoms with E-state index in [-0.39, 0.29) is 16.5 Å². The highest BCUT2D eigenvalue weighted by Crippen LogP contribution is 2.21. The van der Waals surface area contributed by atoms with Gasteiger partial charge in [0, 0.05) is 25.2 Å². The van der Waals surface area contributed by atoms with Gasteiger partial charge in [-0.1, -0.05) is 6.92 Å². The van der Waals surface area contributed by atoms with Crippen LogP contribution in [-0.4, -0.2) is 27.4 Å². The van der Waals surface area contributed by atoms with Crippen molar-refractivity contribution in [3.05, 3.63) is 18.2 Å². The van der Waals surface area contributed by atoms with Gasteiger partial charge >= 0.3 is 0 Å². The third kappa shape index (κ3) is 5.06. The Morgan fingerprint density at radius 3 is 2.55 bits per heavy atom. The molecule has 1 aromatic rings. The summed E-state index contributed by atoms with van der Waals surface area (Å²) < 4.78 is 22.4. The molecule has 0 aliphatic carbocycles. The van der Waals surface area contributed by atoms with Crippen LogP contribution in [0, 0.1) is 0 Å². The minimum Gasteiger partial charge on any atom is -0.398 e. The molecule has 0 aliphatic heterocycles. The van der Waals surface area contributed by atoms with E-state index in [4.69, 9.17) is 10.9 Å². The molecule has 7 nitrogen and oxygen atoms in total. The van der Waals surface area contributed by atoms with Gasteiger partial charge in [-0.15, -0.1) is 0 Å². The van der Waals surface area contributed by atoms with E-state index in [1.165, 1.54) is 12.1 Å². The Bertz CT molecular complexity index is 572. The Hall–Kier alpha value is -1.80. The molecule has 0 spiro atoms. The minimum atomic E-state index is -3.81. The van der Waals surface area contributed by atoms with E-state index >= 15 is 0 Å². The highest BCUT2D eigenvalue weighted by atomic mass is 32.2. The molecule has 1 aromatic carbocycles. The van der Waals surface area contributed by atoms with Gasteiger partial charge < -0.3 is 16.4 Å². The van der Waals surface area contributed by atoms with Gasteiger partial charge in [-0.25, -0.2) is 13.6 Å². The van der Waals surface area contributed by atoms with Crippen molar-refractivity contribution in [3.63, 3.8) is 0 Å². The van der Waals surface area contributed by atoms with Gasteiger partial charge in [0.2, 0.25) is 15.9 Å². The van der Waals surface area contributed by atoms with Crippen LogP contribution >= 0.6 is 0 Å². The molecule has 8 heteroatoms. The molecule has 0 saturated heterocycles. The number of nitrogens with two attached hydrogens (primary N) is 2. The molecule has 1 amide bonds. The highest BCUT2D eigenvalue weighted by molar-refractivity contribution is 7.89. The van der Waals surface area contributed by atoms with Crippen LogP contribution in [0.5, 0.6) is 0 Å². The molecule has 1 rings (SSSR count). The molecule has 0 bridgehead atoms. The zero-order chi connectivity index (χ0) is 15.2. The summed E-state index contributed by atoms with van der Waals surface area (Å²) in [4.78, 5) is 11.3. The molecule has 0 aromatic heterocycles.